The third kappa shape index (κ3) is 2.29. The molecule has 17 heavy (non-hydrogen) atoms. The molecule has 1 aromatic carbocycles. The van der Waals surface area contributed by atoms with Crippen LogP contribution in [-0.4, -0.2) is 0 Å². The van der Waals surface area contributed by atoms with E-state index in [2.05, 4.69) is 57.8 Å². The van der Waals surface area contributed by atoms with Crippen molar-refractivity contribution in [1.82, 2.24) is 5.48 Å². The summed E-state index contributed by atoms with van der Waals surface area (Å²) in [6.07, 6.45) is 2.02. The van der Waals surface area contributed by atoms with E-state index >= 15 is 0 Å². The van der Waals surface area contributed by atoms with Crippen LogP contribution in [0.4, 0.5) is 0 Å². The summed E-state index contributed by atoms with van der Waals surface area (Å²) >= 11 is 5.11. The average Bonchev–Trinajstić information content (AvgIpc) is 2.98. The minimum absolute atomic E-state index is 0.00633. The normalized spacial score (nSPS) is 18.9. The first-order valence-electron chi connectivity index (χ1n) is 5.27. The van der Waals surface area contributed by atoms with Crippen LogP contribution < -0.4 is 5.48 Å². The van der Waals surface area contributed by atoms with Gasteiger partial charge in [-0.25, -0.2) is 0 Å². The van der Waals surface area contributed by atoms with Gasteiger partial charge in [0.05, 0.1) is 0 Å². The summed E-state index contributed by atoms with van der Waals surface area (Å²) in [5.41, 5.74) is 4.05. The molecule has 0 spiro atoms. The van der Waals surface area contributed by atoms with E-state index in [4.69, 9.17) is 4.84 Å². The molecule has 3 rings (SSSR count). The molecular weight excluding hydrogens is 298 g/mol. The topological polar surface area (TPSA) is 21.3 Å². The second-order valence-corrected chi connectivity index (χ2v) is 5.69. The Kier molecular flexibility index (Phi) is 3.01. The Bertz CT molecular complexity index is 550. The van der Waals surface area contributed by atoms with Crippen LogP contribution in [0.2, 0.25) is 0 Å². The van der Waals surface area contributed by atoms with Gasteiger partial charge in [-0.1, -0.05) is 30.3 Å². The number of halogens is 1. The molecule has 0 fully saturated rings. The first-order chi connectivity index (χ1) is 8.33. The molecule has 86 valence electrons. The van der Waals surface area contributed by atoms with Gasteiger partial charge in [0.25, 0.3) is 0 Å². The molecule has 0 saturated carbocycles. The minimum atomic E-state index is 0.00633. The molecule has 4 heteroatoms. The maximum atomic E-state index is 5.42. The second-order valence-electron chi connectivity index (χ2n) is 3.72. The Morgan fingerprint density at radius 2 is 1.94 bits per heavy atom. The molecule has 0 aliphatic carbocycles. The van der Waals surface area contributed by atoms with Gasteiger partial charge in [0.15, 0.2) is 0 Å². The van der Waals surface area contributed by atoms with Crippen LogP contribution in [0.5, 0.6) is 0 Å². The van der Waals surface area contributed by atoms with Crippen molar-refractivity contribution in [2.45, 2.75) is 6.10 Å². The van der Waals surface area contributed by atoms with E-state index in [1.54, 1.807) is 11.3 Å². The van der Waals surface area contributed by atoms with Gasteiger partial charge in [0, 0.05) is 9.75 Å². The zero-order valence-corrected chi connectivity index (χ0v) is 11.3. The predicted molar refractivity (Wildman–Crippen MR) is 73.7 cm³/mol. The summed E-state index contributed by atoms with van der Waals surface area (Å²) in [7, 11) is 0. The van der Waals surface area contributed by atoms with E-state index in [9.17, 15) is 0 Å². The van der Waals surface area contributed by atoms with E-state index in [1.165, 1.54) is 15.3 Å². The molecule has 0 amide bonds. The molecule has 0 bridgehead atoms. The van der Waals surface area contributed by atoms with Crippen molar-refractivity contribution in [3.8, 4) is 10.4 Å². The van der Waals surface area contributed by atoms with Gasteiger partial charge in [-0.2, -0.15) is 0 Å². The van der Waals surface area contributed by atoms with E-state index in [0.717, 1.165) is 4.61 Å². The zero-order valence-electron chi connectivity index (χ0n) is 8.89. The van der Waals surface area contributed by atoms with Gasteiger partial charge in [-0.15, -0.1) is 11.3 Å². The molecule has 2 heterocycles. The highest BCUT2D eigenvalue weighted by atomic mass is 79.9. The van der Waals surface area contributed by atoms with Crippen LogP contribution in [0.1, 0.15) is 11.0 Å². The number of thiophene rings is 1. The van der Waals surface area contributed by atoms with Crippen molar-refractivity contribution < 1.29 is 4.84 Å². The van der Waals surface area contributed by atoms with E-state index in [1.807, 2.05) is 12.1 Å². The largest absolute Gasteiger partial charge is 0.262 e. The Balaban J connectivity index is 1.89. The lowest BCUT2D eigenvalue weighted by atomic mass is 10.2. The lowest BCUT2D eigenvalue weighted by molar-refractivity contribution is 0.0477. The molecule has 1 aliphatic heterocycles. The van der Waals surface area contributed by atoms with Crippen molar-refractivity contribution in [2.24, 2.45) is 0 Å². The monoisotopic (exact) mass is 307 g/mol. The summed E-state index contributed by atoms with van der Waals surface area (Å²) in [5, 5.41) is 0. The SMILES string of the molecule is BrC1=C[C@@H](c2ccc(-c3ccccc3)s2)ON1. The Morgan fingerprint density at radius 1 is 1.12 bits per heavy atom. The van der Waals surface area contributed by atoms with Crippen molar-refractivity contribution in [3.05, 3.63) is 58.0 Å². The summed E-state index contributed by atoms with van der Waals surface area (Å²) in [6.45, 7) is 0. The van der Waals surface area contributed by atoms with Gasteiger partial charge >= 0.3 is 0 Å². The molecule has 1 atom stereocenters. The highest BCUT2D eigenvalue weighted by Gasteiger charge is 2.18. The summed E-state index contributed by atoms with van der Waals surface area (Å²) < 4.78 is 0.886. The third-order valence-electron chi connectivity index (χ3n) is 2.55. The van der Waals surface area contributed by atoms with Gasteiger partial charge in [0.1, 0.15) is 10.7 Å². The molecule has 2 nitrogen and oxygen atoms in total. The highest BCUT2D eigenvalue weighted by molar-refractivity contribution is 9.11. The van der Waals surface area contributed by atoms with Gasteiger partial charge in [-0.3, -0.25) is 10.3 Å². The van der Waals surface area contributed by atoms with E-state index in [-0.39, 0.29) is 6.10 Å². The molecular formula is C13H10BrNOS. The van der Waals surface area contributed by atoms with Crippen LogP contribution in [0.25, 0.3) is 10.4 Å². The molecule has 1 aliphatic rings. The molecule has 2 aromatic rings. The first-order valence-corrected chi connectivity index (χ1v) is 6.88. The second kappa shape index (κ2) is 4.64. The predicted octanol–water partition coefficient (Wildman–Crippen LogP) is 4.23. The first kappa shape index (κ1) is 11.0. The molecule has 0 saturated heterocycles. The maximum Gasteiger partial charge on any atom is 0.141 e. The highest BCUT2D eigenvalue weighted by Crippen LogP contribution is 2.35. The van der Waals surface area contributed by atoms with Crippen molar-refractivity contribution in [2.75, 3.05) is 0 Å². The fraction of sp³-hybridized carbons (Fsp3) is 0.0769. The van der Waals surface area contributed by atoms with Crippen LogP contribution in [0.3, 0.4) is 0 Å². The number of hydrogen-bond acceptors (Lipinski definition) is 3. The van der Waals surface area contributed by atoms with Crippen LogP contribution in [0.15, 0.2) is 53.1 Å². The third-order valence-corrected chi connectivity index (χ3v) is 4.17. The summed E-state index contributed by atoms with van der Waals surface area (Å²) in [5.74, 6) is 0. The number of hydrogen-bond donors (Lipinski definition) is 1. The number of hydroxylamine groups is 1. The Labute approximate surface area is 112 Å². The standard InChI is InChI=1S/C13H10BrNOS/c14-13-8-10(16-15-13)12-7-6-11(17-12)9-4-2-1-3-5-9/h1-8,10,15H/t10-/m0/s1. The number of benzene rings is 1. The molecule has 0 radical (unpaired) electrons. The number of rotatable bonds is 2. The van der Waals surface area contributed by atoms with E-state index < -0.39 is 0 Å². The fourth-order valence-corrected chi connectivity index (χ4v) is 3.07. The maximum absolute atomic E-state index is 5.42. The molecule has 0 unspecified atom stereocenters. The van der Waals surface area contributed by atoms with Crippen LogP contribution in [-0.2, 0) is 4.84 Å². The lowest BCUT2D eigenvalue weighted by Gasteiger charge is -2.03. The quantitative estimate of drug-likeness (QED) is 0.838. The van der Waals surface area contributed by atoms with Crippen molar-refractivity contribution in [3.63, 3.8) is 0 Å². The zero-order chi connectivity index (χ0) is 11.7. The number of nitrogens with one attached hydrogen (secondary N) is 1. The smallest absolute Gasteiger partial charge is 0.141 e. The lowest BCUT2D eigenvalue weighted by Crippen LogP contribution is -2.03. The van der Waals surface area contributed by atoms with Gasteiger partial charge in [0.2, 0.25) is 0 Å². The van der Waals surface area contributed by atoms with Crippen molar-refractivity contribution in [1.29, 1.82) is 0 Å². The molecule has 1 N–H and O–H groups in total. The Morgan fingerprint density at radius 3 is 2.65 bits per heavy atom. The fourth-order valence-electron chi connectivity index (χ4n) is 1.72. The van der Waals surface area contributed by atoms with E-state index in [0.29, 0.717) is 0 Å². The summed E-state index contributed by atoms with van der Waals surface area (Å²) in [4.78, 5) is 7.89. The van der Waals surface area contributed by atoms with Crippen LogP contribution >= 0.6 is 27.3 Å². The van der Waals surface area contributed by atoms with Gasteiger partial charge in [-0.05, 0) is 39.7 Å². The van der Waals surface area contributed by atoms with Gasteiger partial charge < -0.3 is 0 Å². The molecule has 1 aromatic heterocycles. The van der Waals surface area contributed by atoms with Crippen molar-refractivity contribution >= 4 is 27.3 Å². The minimum Gasteiger partial charge on any atom is -0.262 e. The van der Waals surface area contributed by atoms with Crippen LogP contribution in [0, 0.1) is 0 Å². The average molecular weight is 308 g/mol. The summed E-state index contributed by atoms with van der Waals surface area (Å²) in [6, 6.07) is 14.6. The Hall–Kier alpha value is -1.10.